The van der Waals surface area contributed by atoms with Gasteiger partial charge in [0.05, 0.1) is 7.11 Å². The Labute approximate surface area is 166 Å². The van der Waals surface area contributed by atoms with Crippen LogP contribution < -0.4 is 10.4 Å². The smallest absolute Gasteiger partial charge is 0.348 e. The van der Waals surface area contributed by atoms with Crippen LogP contribution in [0.2, 0.25) is 0 Å². The molecule has 28 heavy (non-hydrogen) atoms. The molecule has 1 saturated heterocycles. The molecule has 1 atom stereocenters. The minimum atomic E-state index is -0.196. The van der Waals surface area contributed by atoms with E-state index in [0.717, 1.165) is 24.7 Å². The molecule has 1 aliphatic heterocycles. The number of nitrogens with zero attached hydrogens (tertiary/aromatic N) is 3. The van der Waals surface area contributed by atoms with E-state index >= 15 is 0 Å². The van der Waals surface area contributed by atoms with Gasteiger partial charge in [-0.1, -0.05) is 44.2 Å². The molecule has 1 aliphatic carbocycles. The zero-order chi connectivity index (χ0) is 19.3. The predicted molar refractivity (Wildman–Crippen MR) is 110 cm³/mol. The van der Waals surface area contributed by atoms with Crippen LogP contribution in [0.25, 0.3) is 5.69 Å². The number of piperidine rings is 1. The fraction of sp³-hybridized carbons (Fsp3) is 0.636. The third-order valence-corrected chi connectivity index (χ3v) is 6.42. The van der Waals surface area contributed by atoms with Crippen molar-refractivity contribution in [3.63, 3.8) is 0 Å². The summed E-state index contributed by atoms with van der Waals surface area (Å²) in [4.78, 5) is 18.1. The summed E-state index contributed by atoms with van der Waals surface area (Å²) in [6.45, 7) is 3.34. The summed E-state index contributed by atoms with van der Waals surface area (Å²) in [5.74, 6) is 2.67. The van der Waals surface area contributed by atoms with Crippen LogP contribution in [0.4, 0.5) is 0 Å². The number of aromatic amines is 1. The van der Waals surface area contributed by atoms with Crippen molar-refractivity contribution < 1.29 is 4.74 Å². The van der Waals surface area contributed by atoms with Gasteiger partial charge >= 0.3 is 5.69 Å². The summed E-state index contributed by atoms with van der Waals surface area (Å²) >= 11 is 0. The molecule has 0 unspecified atom stereocenters. The average Bonchev–Trinajstić information content (AvgIpc) is 3.14. The molecule has 1 aromatic heterocycles. The van der Waals surface area contributed by atoms with Gasteiger partial charge in [-0.25, -0.2) is 4.79 Å². The van der Waals surface area contributed by atoms with Crippen molar-refractivity contribution >= 4 is 0 Å². The second-order valence-corrected chi connectivity index (χ2v) is 8.33. The van der Waals surface area contributed by atoms with Crippen molar-refractivity contribution in [2.45, 2.75) is 57.3 Å². The van der Waals surface area contributed by atoms with Crippen molar-refractivity contribution in [3.05, 3.63) is 40.6 Å². The third kappa shape index (κ3) is 4.32. The Morgan fingerprint density at radius 3 is 2.79 bits per heavy atom. The fourth-order valence-electron chi connectivity index (χ4n) is 4.82. The Kier molecular flexibility index (Phi) is 6.15. The zero-order valence-electron chi connectivity index (χ0n) is 16.9. The van der Waals surface area contributed by atoms with Crippen LogP contribution >= 0.6 is 0 Å². The molecule has 4 rings (SSSR count). The Morgan fingerprint density at radius 1 is 1.14 bits per heavy atom. The van der Waals surface area contributed by atoms with Gasteiger partial charge in [-0.05, 0) is 50.4 Å². The van der Waals surface area contributed by atoms with Crippen molar-refractivity contribution in [2.24, 2.45) is 5.92 Å². The molecule has 0 amide bonds. The van der Waals surface area contributed by atoms with Gasteiger partial charge in [-0.15, -0.1) is 5.10 Å². The number of hydrogen-bond acceptors (Lipinski definition) is 4. The number of para-hydroxylation sites is 2. The number of ether oxygens (including phenoxy) is 1. The van der Waals surface area contributed by atoms with E-state index in [2.05, 4.69) is 15.0 Å². The van der Waals surface area contributed by atoms with E-state index in [4.69, 9.17) is 4.74 Å². The van der Waals surface area contributed by atoms with Gasteiger partial charge < -0.3 is 9.64 Å². The summed E-state index contributed by atoms with van der Waals surface area (Å²) in [5, 5.41) is 4.64. The molecule has 152 valence electrons. The van der Waals surface area contributed by atoms with Gasteiger partial charge in [0.1, 0.15) is 17.3 Å². The molecule has 2 aliphatic rings. The lowest BCUT2D eigenvalue weighted by Crippen LogP contribution is -2.36. The highest BCUT2D eigenvalue weighted by Crippen LogP contribution is 2.29. The van der Waals surface area contributed by atoms with Crippen LogP contribution in [-0.4, -0.2) is 46.4 Å². The summed E-state index contributed by atoms with van der Waals surface area (Å²) in [7, 11) is 1.61. The number of nitrogens with one attached hydrogen (secondary N) is 1. The fourth-order valence-corrected chi connectivity index (χ4v) is 4.82. The number of H-pyrrole nitrogens is 1. The number of benzene rings is 1. The Balaban J connectivity index is 1.43. The van der Waals surface area contributed by atoms with Gasteiger partial charge in [-0.3, -0.25) is 4.98 Å². The van der Waals surface area contributed by atoms with Gasteiger partial charge in [0.25, 0.3) is 0 Å². The van der Waals surface area contributed by atoms with Gasteiger partial charge in [0.15, 0.2) is 0 Å². The first-order valence-electron chi connectivity index (χ1n) is 10.8. The van der Waals surface area contributed by atoms with E-state index < -0.39 is 0 Å². The van der Waals surface area contributed by atoms with Gasteiger partial charge in [0, 0.05) is 12.5 Å². The second kappa shape index (κ2) is 8.95. The molecule has 2 fully saturated rings. The van der Waals surface area contributed by atoms with Crippen LogP contribution in [-0.2, 0) is 0 Å². The predicted octanol–water partition coefficient (Wildman–Crippen LogP) is 3.72. The maximum Gasteiger partial charge on any atom is 0.348 e. The van der Waals surface area contributed by atoms with Gasteiger partial charge in [-0.2, -0.15) is 4.68 Å². The van der Waals surface area contributed by atoms with E-state index in [1.54, 1.807) is 7.11 Å². The summed E-state index contributed by atoms with van der Waals surface area (Å²) in [6, 6.07) is 7.50. The first kappa shape index (κ1) is 19.2. The standard InChI is InChI=1S/C22H32N4O2/c1-28-20-12-6-5-11-19(20)26-22(27)23-21(24-26)18-10-7-14-25(16-18)15-13-17-8-3-2-4-9-17/h5-6,11-12,17-18H,2-4,7-10,13-16H2,1H3,(H,23,24,27)/t18-/m0/s1. The zero-order valence-corrected chi connectivity index (χ0v) is 16.9. The molecule has 0 bridgehead atoms. The number of rotatable bonds is 6. The SMILES string of the molecule is COc1ccccc1-n1nc([C@H]2CCCN(CCC3CCCCC3)C2)[nH]c1=O. The molecule has 1 saturated carbocycles. The van der Waals surface area contributed by atoms with E-state index in [1.165, 1.54) is 62.7 Å². The van der Waals surface area contributed by atoms with E-state index in [1.807, 2.05) is 24.3 Å². The number of methoxy groups -OCH3 is 1. The van der Waals surface area contributed by atoms with E-state index in [0.29, 0.717) is 17.4 Å². The molecule has 0 radical (unpaired) electrons. The largest absolute Gasteiger partial charge is 0.494 e. The lowest BCUT2D eigenvalue weighted by Gasteiger charge is -2.33. The number of aromatic nitrogens is 3. The number of likely N-dealkylation sites (tertiary alicyclic amines) is 1. The molecular weight excluding hydrogens is 352 g/mol. The minimum absolute atomic E-state index is 0.196. The Hall–Kier alpha value is -2.08. The van der Waals surface area contributed by atoms with Crippen LogP contribution in [0.1, 0.15) is 63.1 Å². The maximum atomic E-state index is 12.5. The van der Waals surface area contributed by atoms with Crippen LogP contribution in [0, 0.1) is 5.92 Å². The maximum absolute atomic E-state index is 12.5. The molecule has 0 spiro atoms. The summed E-state index contributed by atoms with van der Waals surface area (Å²) in [5.41, 5.74) is 0.487. The first-order chi connectivity index (χ1) is 13.7. The molecule has 2 aromatic rings. The van der Waals surface area contributed by atoms with Crippen LogP contribution in [0.5, 0.6) is 5.75 Å². The van der Waals surface area contributed by atoms with Crippen molar-refractivity contribution in [1.82, 2.24) is 19.7 Å². The molecule has 6 nitrogen and oxygen atoms in total. The molecule has 2 heterocycles. The summed E-state index contributed by atoms with van der Waals surface area (Å²) < 4.78 is 6.83. The Bertz CT molecular complexity index is 822. The Morgan fingerprint density at radius 2 is 1.96 bits per heavy atom. The lowest BCUT2D eigenvalue weighted by molar-refractivity contribution is 0.182. The summed E-state index contributed by atoms with van der Waals surface area (Å²) in [6.07, 6.45) is 10.6. The molecular formula is C22H32N4O2. The highest BCUT2D eigenvalue weighted by atomic mass is 16.5. The van der Waals surface area contributed by atoms with Crippen LogP contribution in [0.15, 0.2) is 29.1 Å². The number of hydrogen-bond donors (Lipinski definition) is 1. The van der Waals surface area contributed by atoms with Crippen molar-refractivity contribution in [1.29, 1.82) is 0 Å². The monoisotopic (exact) mass is 384 g/mol. The highest BCUT2D eigenvalue weighted by molar-refractivity contribution is 5.45. The highest BCUT2D eigenvalue weighted by Gasteiger charge is 2.26. The lowest BCUT2D eigenvalue weighted by atomic mass is 9.86. The first-order valence-corrected chi connectivity index (χ1v) is 10.8. The normalized spacial score (nSPS) is 21.7. The third-order valence-electron chi connectivity index (χ3n) is 6.42. The molecule has 1 aromatic carbocycles. The van der Waals surface area contributed by atoms with E-state index in [-0.39, 0.29) is 5.69 Å². The van der Waals surface area contributed by atoms with Crippen LogP contribution in [0.3, 0.4) is 0 Å². The van der Waals surface area contributed by atoms with E-state index in [9.17, 15) is 4.79 Å². The second-order valence-electron chi connectivity index (χ2n) is 8.33. The van der Waals surface area contributed by atoms with Crippen molar-refractivity contribution in [2.75, 3.05) is 26.7 Å². The average molecular weight is 385 g/mol. The van der Waals surface area contributed by atoms with Gasteiger partial charge in [0.2, 0.25) is 0 Å². The molecule has 6 heteroatoms. The minimum Gasteiger partial charge on any atom is -0.494 e. The van der Waals surface area contributed by atoms with Crippen molar-refractivity contribution in [3.8, 4) is 11.4 Å². The quantitative estimate of drug-likeness (QED) is 0.824. The topological polar surface area (TPSA) is 63.1 Å². The molecule has 1 N–H and O–H groups in total.